The molecule has 3 aromatic heterocycles. The van der Waals surface area contributed by atoms with E-state index >= 15 is 0 Å². The molecule has 0 radical (unpaired) electrons. The number of aromatic nitrogens is 3. The van der Waals surface area contributed by atoms with Gasteiger partial charge in [-0.1, -0.05) is 18.2 Å². The second-order valence-corrected chi connectivity index (χ2v) is 5.12. The maximum Gasteiger partial charge on any atom is 0.181 e. The normalized spacial score (nSPS) is 11.5. The van der Waals surface area contributed by atoms with Gasteiger partial charge in [0.05, 0.1) is 17.4 Å². The number of benzene rings is 1. The van der Waals surface area contributed by atoms with Gasteiger partial charge in [0, 0.05) is 22.8 Å². The zero-order chi connectivity index (χ0) is 14.4. The van der Waals surface area contributed by atoms with Crippen LogP contribution >= 0.6 is 0 Å². The predicted octanol–water partition coefficient (Wildman–Crippen LogP) is 4.17. The molecule has 4 aromatic rings. The number of pyridine rings is 1. The third kappa shape index (κ3) is 1.69. The molecule has 0 unspecified atom stereocenters. The molecule has 0 saturated heterocycles. The first-order chi connectivity index (χ1) is 10.3. The van der Waals surface area contributed by atoms with Crippen LogP contribution < -0.4 is 0 Å². The summed E-state index contributed by atoms with van der Waals surface area (Å²) in [7, 11) is 0. The highest BCUT2D eigenvalue weighted by Crippen LogP contribution is 2.33. The summed E-state index contributed by atoms with van der Waals surface area (Å²) in [5.74, 6) is 0.702. The molecule has 0 aliphatic carbocycles. The molecular weight excluding hydrogens is 262 g/mol. The minimum Gasteiger partial charge on any atom is -0.442 e. The highest BCUT2D eigenvalue weighted by atomic mass is 16.3. The number of oxazole rings is 1. The highest BCUT2D eigenvalue weighted by Gasteiger charge is 2.15. The summed E-state index contributed by atoms with van der Waals surface area (Å²) < 4.78 is 7.70. The number of rotatable bonds is 2. The van der Waals surface area contributed by atoms with Crippen LogP contribution in [0, 0.1) is 6.92 Å². The quantitative estimate of drug-likeness (QED) is 0.552. The average molecular weight is 277 g/mol. The van der Waals surface area contributed by atoms with Gasteiger partial charge in [-0.05, 0) is 26.0 Å². The first kappa shape index (κ1) is 12.1. The topological polar surface area (TPSA) is 43.9 Å². The number of aryl methyl sites for hydroxylation is 2. The molecule has 0 atom stereocenters. The lowest BCUT2D eigenvalue weighted by Gasteiger charge is -2.06. The maximum absolute atomic E-state index is 5.39. The van der Waals surface area contributed by atoms with Crippen LogP contribution in [0.4, 0.5) is 0 Å². The van der Waals surface area contributed by atoms with E-state index < -0.39 is 0 Å². The first-order valence-corrected chi connectivity index (χ1v) is 7.07. The molecule has 0 saturated carbocycles. The average Bonchev–Trinajstić information content (AvgIpc) is 3.13. The van der Waals surface area contributed by atoms with Crippen LogP contribution in [0.5, 0.6) is 0 Å². The Bertz CT molecular complexity index is 936. The van der Waals surface area contributed by atoms with Crippen LogP contribution in [0.25, 0.3) is 33.3 Å². The van der Waals surface area contributed by atoms with Gasteiger partial charge in [-0.2, -0.15) is 0 Å². The van der Waals surface area contributed by atoms with E-state index in [2.05, 4.69) is 46.8 Å². The fourth-order valence-corrected chi connectivity index (χ4v) is 3.07. The van der Waals surface area contributed by atoms with E-state index in [1.807, 2.05) is 6.92 Å². The van der Waals surface area contributed by atoms with Crippen molar-refractivity contribution >= 4 is 21.8 Å². The molecule has 4 rings (SSSR count). The number of nitrogens with zero attached hydrogens (tertiary/aromatic N) is 3. The van der Waals surface area contributed by atoms with Crippen molar-refractivity contribution in [1.29, 1.82) is 0 Å². The zero-order valence-corrected chi connectivity index (χ0v) is 12.0. The molecule has 0 aliphatic heterocycles. The van der Waals surface area contributed by atoms with E-state index in [1.54, 1.807) is 6.20 Å². The number of hydrogen-bond acceptors (Lipinski definition) is 3. The molecule has 4 nitrogen and oxygen atoms in total. The second kappa shape index (κ2) is 4.45. The Morgan fingerprint density at radius 2 is 2.05 bits per heavy atom. The summed E-state index contributed by atoms with van der Waals surface area (Å²) in [6.07, 6.45) is 3.14. The van der Waals surface area contributed by atoms with Crippen molar-refractivity contribution in [1.82, 2.24) is 14.5 Å². The number of hydrogen-bond donors (Lipinski definition) is 0. The molecule has 1 aromatic carbocycles. The molecule has 0 spiro atoms. The Labute approximate surface area is 122 Å². The van der Waals surface area contributed by atoms with Crippen molar-refractivity contribution in [2.24, 2.45) is 0 Å². The molecule has 0 fully saturated rings. The molecule has 0 amide bonds. The van der Waals surface area contributed by atoms with Gasteiger partial charge in [-0.25, -0.2) is 9.97 Å². The summed E-state index contributed by atoms with van der Waals surface area (Å²) in [5.41, 5.74) is 4.28. The molecule has 0 aliphatic rings. The van der Waals surface area contributed by atoms with Crippen LogP contribution in [-0.4, -0.2) is 14.5 Å². The molecule has 104 valence electrons. The van der Waals surface area contributed by atoms with E-state index in [-0.39, 0.29) is 0 Å². The van der Waals surface area contributed by atoms with E-state index in [9.17, 15) is 0 Å². The lowest BCUT2D eigenvalue weighted by atomic mass is 10.1. The maximum atomic E-state index is 5.39. The van der Waals surface area contributed by atoms with Crippen molar-refractivity contribution in [2.45, 2.75) is 20.4 Å². The van der Waals surface area contributed by atoms with Crippen LogP contribution in [-0.2, 0) is 6.54 Å². The van der Waals surface area contributed by atoms with Crippen molar-refractivity contribution < 1.29 is 4.42 Å². The zero-order valence-electron chi connectivity index (χ0n) is 12.0. The van der Waals surface area contributed by atoms with E-state index in [0.29, 0.717) is 5.76 Å². The molecule has 0 N–H and O–H groups in total. The number of fused-ring (bicyclic) bond motifs is 3. The van der Waals surface area contributed by atoms with Crippen molar-refractivity contribution in [3.8, 4) is 11.5 Å². The van der Waals surface area contributed by atoms with Gasteiger partial charge in [0.2, 0.25) is 0 Å². The standard InChI is InChI=1S/C17H15N3O/c1-3-20-15-7-5-4-6-12(15)13-8-14(16-9-18-10-21-16)19-11(2)17(13)20/h4-10H,3H2,1-2H3. The third-order valence-electron chi connectivity index (χ3n) is 3.92. The number of para-hydroxylation sites is 1. The Morgan fingerprint density at radius 3 is 2.81 bits per heavy atom. The Hall–Kier alpha value is -2.62. The van der Waals surface area contributed by atoms with Crippen LogP contribution in [0.2, 0.25) is 0 Å². The SMILES string of the molecule is CCn1c2ccccc2c2cc(-c3cnco3)nc(C)c21. The predicted molar refractivity (Wildman–Crippen MR) is 83.1 cm³/mol. The Morgan fingerprint density at radius 1 is 1.19 bits per heavy atom. The van der Waals surface area contributed by atoms with Crippen molar-refractivity contribution in [3.63, 3.8) is 0 Å². The van der Waals surface area contributed by atoms with Crippen molar-refractivity contribution in [3.05, 3.63) is 48.6 Å². The molecule has 3 heterocycles. The Kier molecular flexibility index (Phi) is 2.57. The third-order valence-corrected chi connectivity index (χ3v) is 3.92. The van der Waals surface area contributed by atoms with Gasteiger partial charge in [0.15, 0.2) is 12.2 Å². The van der Waals surface area contributed by atoms with Gasteiger partial charge in [-0.3, -0.25) is 0 Å². The van der Waals surface area contributed by atoms with Gasteiger partial charge >= 0.3 is 0 Å². The van der Waals surface area contributed by atoms with E-state index in [1.165, 1.54) is 28.2 Å². The first-order valence-electron chi connectivity index (χ1n) is 7.07. The van der Waals surface area contributed by atoms with E-state index in [0.717, 1.165) is 17.9 Å². The fourth-order valence-electron chi connectivity index (χ4n) is 3.07. The lowest BCUT2D eigenvalue weighted by molar-refractivity contribution is 0.570. The van der Waals surface area contributed by atoms with Crippen LogP contribution in [0.3, 0.4) is 0 Å². The summed E-state index contributed by atoms with van der Waals surface area (Å²) in [4.78, 5) is 8.67. The van der Waals surface area contributed by atoms with Crippen LogP contribution in [0.1, 0.15) is 12.6 Å². The summed E-state index contributed by atoms with van der Waals surface area (Å²) in [6.45, 7) is 5.14. The van der Waals surface area contributed by atoms with Crippen LogP contribution in [0.15, 0.2) is 47.3 Å². The fraction of sp³-hybridized carbons (Fsp3) is 0.176. The molecule has 21 heavy (non-hydrogen) atoms. The largest absolute Gasteiger partial charge is 0.442 e. The summed E-state index contributed by atoms with van der Waals surface area (Å²) in [6, 6.07) is 10.6. The molecular formula is C17H15N3O. The van der Waals surface area contributed by atoms with Gasteiger partial charge in [0.25, 0.3) is 0 Å². The minimum atomic E-state index is 0.702. The summed E-state index contributed by atoms with van der Waals surface area (Å²) in [5, 5.41) is 2.46. The van der Waals surface area contributed by atoms with Gasteiger partial charge in [-0.15, -0.1) is 0 Å². The minimum absolute atomic E-state index is 0.702. The van der Waals surface area contributed by atoms with E-state index in [4.69, 9.17) is 9.40 Å². The highest BCUT2D eigenvalue weighted by molar-refractivity contribution is 6.09. The van der Waals surface area contributed by atoms with Gasteiger partial charge in [0.1, 0.15) is 5.69 Å². The van der Waals surface area contributed by atoms with Gasteiger partial charge < -0.3 is 8.98 Å². The smallest absolute Gasteiger partial charge is 0.181 e. The monoisotopic (exact) mass is 277 g/mol. The van der Waals surface area contributed by atoms with Crippen molar-refractivity contribution in [2.75, 3.05) is 0 Å². The summed E-state index contributed by atoms with van der Waals surface area (Å²) >= 11 is 0. The Balaban J connectivity index is 2.16. The second-order valence-electron chi connectivity index (χ2n) is 5.12. The molecule has 4 heteroatoms. The lowest BCUT2D eigenvalue weighted by Crippen LogP contribution is -1.97. The molecule has 0 bridgehead atoms.